The van der Waals surface area contributed by atoms with Crippen LogP contribution in [-0.4, -0.2) is 49.5 Å². The monoisotopic (exact) mass is 255 g/mol. The third-order valence-corrected chi connectivity index (χ3v) is 2.04. The van der Waals surface area contributed by atoms with E-state index in [0.29, 0.717) is 12.4 Å². The molecule has 9 nitrogen and oxygen atoms in total. The molecule has 1 amide bonds. The van der Waals surface area contributed by atoms with E-state index >= 15 is 0 Å². The first-order chi connectivity index (χ1) is 8.49. The Morgan fingerprint density at radius 3 is 2.72 bits per heavy atom. The van der Waals surface area contributed by atoms with Gasteiger partial charge >= 0.3 is 5.97 Å². The van der Waals surface area contributed by atoms with E-state index in [9.17, 15) is 14.4 Å². The van der Waals surface area contributed by atoms with Gasteiger partial charge in [-0.05, 0) is 17.4 Å². The van der Waals surface area contributed by atoms with Crippen LogP contribution in [-0.2, 0) is 27.3 Å². The maximum absolute atomic E-state index is 11.4. The molecule has 0 aromatic carbocycles. The first-order valence-electron chi connectivity index (χ1n) is 5.22. The minimum absolute atomic E-state index is 0.00761. The SMILES string of the molecule is CC(=O)CCn1nnnc1CC(=O)NCC(=O)O. The van der Waals surface area contributed by atoms with E-state index in [4.69, 9.17) is 5.11 Å². The standard InChI is InChI=1S/C9H13N5O4/c1-6(15)2-3-14-7(11-12-13-14)4-8(16)10-5-9(17)18/h2-5H2,1H3,(H,10,16)(H,17,18). The lowest BCUT2D eigenvalue weighted by molar-refractivity contribution is -0.137. The number of aryl methyl sites for hydroxylation is 1. The van der Waals surface area contributed by atoms with Crippen molar-refractivity contribution in [1.29, 1.82) is 0 Å². The van der Waals surface area contributed by atoms with Crippen molar-refractivity contribution in [2.75, 3.05) is 6.54 Å². The fraction of sp³-hybridized carbons (Fsp3) is 0.556. The van der Waals surface area contributed by atoms with E-state index in [2.05, 4.69) is 20.8 Å². The lowest BCUT2D eigenvalue weighted by atomic mass is 10.3. The maximum Gasteiger partial charge on any atom is 0.322 e. The van der Waals surface area contributed by atoms with Gasteiger partial charge in [0.2, 0.25) is 5.91 Å². The van der Waals surface area contributed by atoms with E-state index < -0.39 is 18.4 Å². The van der Waals surface area contributed by atoms with Crippen LogP contribution in [0.25, 0.3) is 0 Å². The topological polar surface area (TPSA) is 127 Å². The second-order valence-corrected chi connectivity index (χ2v) is 3.62. The largest absolute Gasteiger partial charge is 0.480 e. The van der Waals surface area contributed by atoms with Crippen molar-refractivity contribution in [1.82, 2.24) is 25.5 Å². The van der Waals surface area contributed by atoms with Crippen molar-refractivity contribution in [2.24, 2.45) is 0 Å². The molecule has 1 aromatic heterocycles. The Hall–Kier alpha value is -2.32. The van der Waals surface area contributed by atoms with Crippen LogP contribution in [0.5, 0.6) is 0 Å². The molecule has 1 rings (SSSR count). The molecule has 0 atom stereocenters. The van der Waals surface area contributed by atoms with Crippen molar-refractivity contribution < 1.29 is 19.5 Å². The molecular formula is C9H13N5O4. The number of Topliss-reactive ketones (excluding diaryl/α,β-unsaturated/α-hetero) is 1. The number of carbonyl (C=O) groups is 3. The number of carboxylic acid groups (broad SMARTS) is 1. The molecule has 0 fully saturated rings. The zero-order chi connectivity index (χ0) is 13.5. The molecule has 1 aromatic rings. The molecule has 1 heterocycles. The molecule has 9 heteroatoms. The molecule has 0 saturated heterocycles. The number of carbonyl (C=O) groups excluding carboxylic acids is 2. The van der Waals surface area contributed by atoms with Crippen molar-refractivity contribution >= 4 is 17.7 Å². The summed E-state index contributed by atoms with van der Waals surface area (Å²) in [5, 5.41) is 21.3. The first-order valence-corrected chi connectivity index (χ1v) is 5.22. The van der Waals surface area contributed by atoms with Crippen LogP contribution in [0.3, 0.4) is 0 Å². The lowest BCUT2D eigenvalue weighted by Crippen LogP contribution is -2.31. The summed E-state index contributed by atoms with van der Waals surface area (Å²) in [5.41, 5.74) is 0. The second kappa shape index (κ2) is 6.42. The van der Waals surface area contributed by atoms with E-state index in [-0.39, 0.29) is 18.6 Å². The van der Waals surface area contributed by atoms with Crippen LogP contribution in [0, 0.1) is 0 Å². The lowest BCUT2D eigenvalue weighted by Gasteiger charge is -2.03. The van der Waals surface area contributed by atoms with E-state index in [0.717, 1.165) is 0 Å². The Morgan fingerprint density at radius 1 is 1.39 bits per heavy atom. The normalized spacial score (nSPS) is 10.1. The van der Waals surface area contributed by atoms with E-state index in [1.165, 1.54) is 11.6 Å². The molecule has 0 bridgehead atoms. The van der Waals surface area contributed by atoms with Crippen molar-refractivity contribution in [3.8, 4) is 0 Å². The van der Waals surface area contributed by atoms with E-state index in [1.54, 1.807) is 0 Å². The average molecular weight is 255 g/mol. The molecule has 98 valence electrons. The number of aromatic nitrogens is 4. The van der Waals surface area contributed by atoms with Gasteiger partial charge in [0, 0.05) is 6.42 Å². The van der Waals surface area contributed by atoms with Crippen LogP contribution in [0.2, 0.25) is 0 Å². The number of tetrazole rings is 1. The number of ketones is 1. The van der Waals surface area contributed by atoms with Crippen molar-refractivity contribution in [3.63, 3.8) is 0 Å². The molecule has 0 spiro atoms. The maximum atomic E-state index is 11.4. The highest BCUT2D eigenvalue weighted by atomic mass is 16.4. The van der Waals surface area contributed by atoms with Gasteiger partial charge in [0.1, 0.15) is 12.3 Å². The summed E-state index contributed by atoms with van der Waals surface area (Å²) >= 11 is 0. The van der Waals surface area contributed by atoms with Crippen LogP contribution in [0.15, 0.2) is 0 Å². The molecule has 0 aliphatic carbocycles. The molecule has 0 radical (unpaired) electrons. The third-order valence-electron chi connectivity index (χ3n) is 2.04. The molecule has 0 unspecified atom stereocenters. The van der Waals surface area contributed by atoms with Crippen LogP contribution >= 0.6 is 0 Å². The predicted molar refractivity (Wildman–Crippen MR) is 57.5 cm³/mol. The zero-order valence-corrected chi connectivity index (χ0v) is 9.79. The fourth-order valence-electron chi connectivity index (χ4n) is 1.17. The summed E-state index contributed by atoms with van der Waals surface area (Å²) in [6.45, 7) is 1.29. The number of hydrogen-bond acceptors (Lipinski definition) is 6. The number of nitrogens with one attached hydrogen (secondary N) is 1. The molecule has 2 N–H and O–H groups in total. The summed E-state index contributed by atoms with van der Waals surface area (Å²) in [5.74, 6) is -1.33. The Balaban J connectivity index is 2.51. The van der Waals surface area contributed by atoms with Gasteiger partial charge in [0.15, 0.2) is 5.82 Å². The van der Waals surface area contributed by atoms with Crippen LogP contribution < -0.4 is 5.32 Å². The number of hydrogen-bond donors (Lipinski definition) is 2. The third kappa shape index (κ3) is 4.68. The summed E-state index contributed by atoms with van der Waals surface area (Å²) in [6, 6.07) is 0. The Kier molecular flexibility index (Phi) is 4.90. The number of nitrogens with zero attached hydrogens (tertiary/aromatic N) is 4. The molecular weight excluding hydrogens is 242 g/mol. The first kappa shape index (κ1) is 13.7. The van der Waals surface area contributed by atoms with Gasteiger partial charge in [-0.2, -0.15) is 0 Å². The highest BCUT2D eigenvalue weighted by Crippen LogP contribution is 1.96. The average Bonchev–Trinajstić information content (AvgIpc) is 2.71. The Labute approximate surface area is 102 Å². The highest BCUT2D eigenvalue weighted by Gasteiger charge is 2.12. The van der Waals surface area contributed by atoms with Crippen LogP contribution in [0.4, 0.5) is 0 Å². The van der Waals surface area contributed by atoms with Gasteiger partial charge in [-0.15, -0.1) is 5.10 Å². The van der Waals surface area contributed by atoms with Crippen LogP contribution in [0.1, 0.15) is 19.2 Å². The summed E-state index contributed by atoms with van der Waals surface area (Å²) < 4.78 is 1.35. The number of amides is 1. The molecule has 0 aliphatic heterocycles. The fourth-order valence-corrected chi connectivity index (χ4v) is 1.17. The highest BCUT2D eigenvalue weighted by molar-refractivity contribution is 5.82. The number of rotatable bonds is 7. The second-order valence-electron chi connectivity index (χ2n) is 3.62. The van der Waals surface area contributed by atoms with Gasteiger partial charge in [0.25, 0.3) is 0 Å². The zero-order valence-electron chi connectivity index (χ0n) is 9.79. The Morgan fingerprint density at radius 2 is 2.11 bits per heavy atom. The smallest absolute Gasteiger partial charge is 0.322 e. The van der Waals surface area contributed by atoms with Crippen molar-refractivity contribution in [2.45, 2.75) is 26.3 Å². The van der Waals surface area contributed by atoms with Gasteiger partial charge < -0.3 is 10.4 Å². The van der Waals surface area contributed by atoms with Gasteiger partial charge in [-0.25, -0.2) is 4.68 Å². The minimum Gasteiger partial charge on any atom is -0.480 e. The molecule has 18 heavy (non-hydrogen) atoms. The predicted octanol–water partition coefficient (Wildman–Crippen LogP) is -1.60. The number of carboxylic acids is 1. The van der Waals surface area contributed by atoms with Gasteiger partial charge in [0.05, 0.1) is 13.0 Å². The van der Waals surface area contributed by atoms with Gasteiger partial charge in [-0.3, -0.25) is 14.4 Å². The van der Waals surface area contributed by atoms with E-state index in [1.807, 2.05) is 0 Å². The number of aliphatic carboxylic acids is 1. The summed E-state index contributed by atoms with van der Waals surface area (Å²) in [6.07, 6.45) is 0.146. The Bertz CT molecular complexity index is 456. The van der Waals surface area contributed by atoms with Crippen molar-refractivity contribution in [3.05, 3.63) is 5.82 Å². The summed E-state index contributed by atoms with van der Waals surface area (Å²) in [7, 11) is 0. The molecule has 0 saturated carbocycles. The summed E-state index contributed by atoms with van der Waals surface area (Å²) in [4.78, 5) is 32.4. The van der Waals surface area contributed by atoms with Gasteiger partial charge in [-0.1, -0.05) is 0 Å². The quantitative estimate of drug-likeness (QED) is 0.600. The minimum atomic E-state index is -1.13. The molecule has 0 aliphatic rings.